The maximum atomic E-state index is 11.6. The first-order valence-corrected chi connectivity index (χ1v) is 10.1. The highest BCUT2D eigenvalue weighted by atomic mass is 32.2. The van der Waals surface area contributed by atoms with E-state index in [4.69, 9.17) is 0 Å². The molecule has 2 saturated carbocycles. The van der Waals surface area contributed by atoms with Crippen LogP contribution in [0.25, 0.3) is 0 Å². The molecule has 1 aliphatic heterocycles. The van der Waals surface area contributed by atoms with Gasteiger partial charge in [-0.05, 0) is 50.5 Å². The lowest BCUT2D eigenvalue weighted by Gasteiger charge is -2.41. The number of rotatable bonds is 7. The average Bonchev–Trinajstić information content (AvgIpc) is 3.30. The van der Waals surface area contributed by atoms with Gasteiger partial charge < -0.3 is 5.32 Å². The zero-order valence-electron chi connectivity index (χ0n) is 12.6. The van der Waals surface area contributed by atoms with E-state index in [1.807, 2.05) is 0 Å². The van der Waals surface area contributed by atoms with Crippen molar-refractivity contribution in [1.29, 1.82) is 0 Å². The minimum absolute atomic E-state index is 0.283. The van der Waals surface area contributed by atoms with Crippen molar-refractivity contribution in [3.63, 3.8) is 0 Å². The second-order valence-electron chi connectivity index (χ2n) is 6.84. The first kappa shape index (κ1) is 14.8. The summed E-state index contributed by atoms with van der Waals surface area (Å²) in [6, 6.07) is 1.32. The summed E-state index contributed by atoms with van der Waals surface area (Å²) in [4.78, 5) is 2.60. The first-order valence-electron chi connectivity index (χ1n) is 8.27. The third-order valence-electron chi connectivity index (χ3n) is 5.19. The molecule has 0 spiro atoms. The second kappa shape index (κ2) is 5.93. The highest BCUT2D eigenvalue weighted by Crippen LogP contribution is 2.39. The lowest BCUT2D eigenvalue weighted by Crippen LogP contribution is -2.58. The molecule has 2 atom stereocenters. The third kappa shape index (κ3) is 3.74. The number of hydrogen-bond acceptors (Lipinski definition) is 4. The van der Waals surface area contributed by atoms with Crippen molar-refractivity contribution in [2.45, 2.75) is 51.1 Å². The average molecular weight is 300 g/mol. The zero-order valence-corrected chi connectivity index (χ0v) is 13.4. The normalized spacial score (nSPS) is 32.5. The summed E-state index contributed by atoms with van der Waals surface area (Å²) < 4.78 is 23.2. The van der Waals surface area contributed by atoms with Crippen LogP contribution in [0.15, 0.2) is 0 Å². The Morgan fingerprint density at radius 1 is 1.15 bits per heavy atom. The molecule has 2 aliphatic carbocycles. The Morgan fingerprint density at radius 3 is 2.45 bits per heavy atom. The summed E-state index contributed by atoms with van der Waals surface area (Å²) >= 11 is 0. The van der Waals surface area contributed by atoms with Crippen LogP contribution in [0.1, 0.15) is 39.0 Å². The van der Waals surface area contributed by atoms with Gasteiger partial charge in [0.25, 0.3) is 0 Å². The fourth-order valence-corrected chi connectivity index (χ4v) is 4.36. The molecule has 3 rings (SSSR count). The summed E-state index contributed by atoms with van der Waals surface area (Å²) in [5, 5.41) is 3.74. The van der Waals surface area contributed by atoms with E-state index in [1.165, 1.54) is 25.7 Å². The molecule has 0 aromatic carbocycles. The van der Waals surface area contributed by atoms with Crippen molar-refractivity contribution in [2.24, 2.45) is 11.8 Å². The van der Waals surface area contributed by atoms with Crippen LogP contribution in [-0.2, 0) is 9.84 Å². The Kier molecular flexibility index (Phi) is 4.39. The van der Waals surface area contributed by atoms with Crippen molar-refractivity contribution in [3.05, 3.63) is 0 Å². The van der Waals surface area contributed by atoms with Crippen LogP contribution in [0.4, 0.5) is 0 Å². The van der Waals surface area contributed by atoms with Gasteiger partial charge in [-0.25, -0.2) is 8.42 Å². The van der Waals surface area contributed by atoms with Gasteiger partial charge in [0.2, 0.25) is 0 Å². The lowest BCUT2D eigenvalue weighted by atomic mass is 10.0. The third-order valence-corrected chi connectivity index (χ3v) is 6.98. The minimum atomic E-state index is -2.80. The Balaban J connectivity index is 1.52. The number of sulfone groups is 1. The van der Waals surface area contributed by atoms with Gasteiger partial charge in [0, 0.05) is 30.9 Å². The molecule has 0 bridgehead atoms. The Labute approximate surface area is 123 Å². The predicted molar refractivity (Wildman–Crippen MR) is 81.5 cm³/mol. The molecular formula is C15H28N2O2S. The van der Waals surface area contributed by atoms with Gasteiger partial charge in [-0.2, -0.15) is 0 Å². The number of piperazine rings is 1. The molecule has 116 valence electrons. The molecule has 3 aliphatic rings. The molecule has 0 aromatic rings. The van der Waals surface area contributed by atoms with Crippen molar-refractivity contribution < 1.29 is 8.42 Å². The van der Waals surface area contributed by atoms with Crippen molar-refractivity contribution in [1.82, 2.24) is 10.2 Å². The maximum Gasteiger partial charge on any atom is 0.150 e. The molecule has 1 heterocycles. The van der Waals surface area contributed by atoms with E-state index in [2.05, 4.69) is 10.2 Å². The first-order chi connectivity index (χ1) is 9.59. The van der Waals surface area contributed by atoms with Gasteiger partial charge in [0.05, 0.1) is 5.75 Å². The number of nitrogens with one attached hydrogen (secondary N) is 1. The van der Waals surface area contributed by atoms with Gasteiger partial charge in [-0.1, -0.05) is 6.92 Å². The summed E-state index contributed by atoms with van der Waals surface area (Å²) in [6.45, 7) is 4.96. The molecule has 5 heteroatoms. The summed E-state index contributed by atoms with van der Waals surface area (Å²) in [6.07, 6.45) is 6.29. The molecule has 0 aromatic heterocycles. The molecule has 0 radical (unpaired) electrons. The highest BCUT2D eigenvalue weighted by molar-refractivity contribution is 7.91. The van der Waals surface area contributed by atoms with E-state index in [9.17, 15) is 8.42 Å². The smallest absolute Gasteiger partial charge is 0.150 e. The van der Waals surface area contributed by atoms with Crippen molar-refractivity contribution in [3.8, 4) is 0 Å². The van der Waals surface area contributed by atoms with Gasteiger partial charge in [-0.15, -0.1) is 0 Å². The summed E-state index contributed by atoms with van der Waals surface area (Å²) in [7, 11) is -2.80. The fraction of sp³-hybridized carbons (Fsp3) is 1.00. The van der Waals surface area contributed by atoms with E-state index < -0.39 is 9.84 Å². The largest absolute Gasteiger partial charge is 0.311 e. The quantitative estimate of drug-likeness (QED) is 0.769. The van der Waals surface area contributed by atoms with Gasteiger partial charge in [0.1, 0.15) is 9.84 Å². The van der Waals surface area contributed by atoms with Crippen LogP contribution >= 0.6 is 0 Å². The van der Waals surface area contributed by atoms with Gasteiger partial charge in [-0.3, -0.25) is 4.90 Å². The standard InChI is InChI=1S/C15H28N2O2S/c1-2-20(18,19)9-3-8-17-11-14(12-4-5-12)16-10-15(17)13-6-7-13/h12-16H,2-11H2,1H3. The molecule has 20 heavy (non-hydrogen) atoms. The van der Waals surface area contributed by atoms with Crippen LogP contribution in [0.5, 0.6) is 0 Å². The van der Waals surface area contributed by atoms with Crippen LogP contribution in [0.3, 0.4) is 0 Å². The number of nitrogens with zero attached hydrogens (tertiary/aromatic N) is 1. The molecule has 4 nitrogen and oxygen atoms in total. The van der Waals surface area contributed by atoms with Gasteiger partial charge in [0.15, 0.2) is 0 Å². The molecule has 1 N–H and O–H groups in total. The van der Waals surface area contributed by atoms with Crippen LogP contribution < -0.4 is 5.32 Å². The SMILES string of the molecule is CCS(=O)(=O)CCCN1CC(C2CC2)NCC1C1CC1. The molecule has 0 amide bonds. The predicted octanol–water partition coefficient (Wildman–Crippen LogP) is 1.27. The second-order valence-corrected chi connectivity index (χ2v) is 9.31. The maximum absolute atomic E-state index is 11.6. The van der Waals surface area contributed by atoms with E-state index in [0.29, 0.717) is 17.8 Å². The van der Waals surface area contributed by atoms with Crippen LogP contribution in [0, 0.1) is 11.8 Å². The van der Waals surface area contributed by atoms with Crippen LogP contribution in [0.2, 0.25) is 0 Å². The molecule has 2 unspecified atom stereocenters. The summed E-state index contributed by atoms with van der Waals surface area (Å²) in [5.41, 5.74) is 0. The molecule has 1 saturated heterocycles. The molecular weight excluding hydrogens is 272 g/mol. The Hall–Kier alpha value is -0.130. The monoisotopic (exact) mass is 300 g/mol. The lowest BCUT2D eigenvalue weighted by molar-refractivity contribution is 0.108. The number of hydrogen-bond donors (Lipinski definition) is 1. The fourth-order valence-electron chi connectivity index (χ4n) is 3.50. The highest BCUT2D eigenvalue weighted by Gasteiger charge is 2.42. The van der Waals surface area contributed by atoms with Crippen molar-refractivity contribution >= 4 is 9.84 Å². The summed E-state index contributed by atoms with van der Waals surface area (Å²) in [5.74, 6) is 2.40. The van der Waals surface area contributed by atoms with Gasteiger partial charge >= 0.3 is 0 Å². The van der Waals surface area contributed by atoms with E-state index >= 15 is 0 Å². The Bertz CT molecular complexity index is 429. The van der Waals surface area contributed by atoms with E-state index in [1.54, 1.807) is 6.92 Å². The zero-order chi connectivity index (χ0) is 14.2. The topological polar surface area (TPSA) is 49.4 Å². The van der Waals surface area contributed by atoms with Crippen LogP contribution in [-0.4, -0.2) is 56.5 Å². The molecule has 3 fully saturated rings. The van der Waals surface area contributed by atoms with E-state index in [-0.39, 0.29) is 5.75 Å². The van der Waals surface area contributed by atoms with Crippen molar-refractivity contribution in [2.75, 3.05) is 31.1 Å². The van der Waals surface area contributed by atoms with E-state index in [0.717, 1.165) is 37.9 Å². The Morgan fingerprint density at radius 2 is 1.85 bits per heavy atom. The minimum Gasteiger partial charge on any atom is -0.311 e.